The van der Waals surface area contributed by atoms with Gasteiger partial charge < -0.3 is 10.1 Å². The van der Waals surface area contributed by atoms with Crippen molar-refractivity contribution in [2.24, 2.45) is 0 Å². The molecule has 0 spiro atoms. The lowest BCUT2D eigenvalue weighted by atomic mass is 10.0. The minimum atomic E-state index is 0.538. The van der Waals surface area contributed by atoms with Crippen LogP contribution in [-0.4, -0.2) is 25.3 Å². The van der Waals surface area contributed by atoms with E-state index in [0.29, 0.717) is 12.1 Å². The molecule has 0 aromatic heterocycles. The van der Waals surface area contributed by atoms with Gasteiger partial charge in [0, 0.05) is 12.6 Å². The van der Waals surface area contributed by atoms with Gasteiger partial charge in [-0.25, -0.2) is 0 Å². The van der Waals surface area contributed by atoms with E-state index in [4.69, 9.17) is 4.74 Å². The van der Waals surface area contributed by atoms with Crippen molar-refractivity contribution >= 4 is 0 Å². The Morgan fingerprint density at radius 1 is 1.33 bits per heavy atom. The summed E-state index contributed by atoms with van der Waals surface area (Å²) in [6, 6.07) is 0.688. The molecular formula is C13H27NO. The number of nitrogens with one attached hydrogen (secondary N) is 1. The van der Waals surface area contributed by atoms with Crippen LogP contribution >= 0.6 is 0 Å². The van der Waals surface area contributed by atoms with Crippen LogP contribution in [0.3, 0.4) is 0 Å². The molecule has 0 amide bonds. The van der Waals surface area contributed by atoms with Crippen LogP contribution in [0.5, 0.6) is 0 Å². The van der Waals surface area contributed by atoms with Crippen molar-refractivity contribution in [2.75, 3.05) is 13.2 Å². The normalized spacial score (nSPS) is 23.2. The molecule has 0 saturated carbocycles. The van der Waals surface area contributed by atoms with E-state index in [1.165, 1.54) is 44.9 Å². The second-order valence-electron chi connectivity index (χ2n) is 4.66. The second kappa shape index (κ2) is 8.12. The van der Waals surface area contributed by atoms with Gasteiger partial charge in [0.2, 0.25) is 0 Å². The number of rotatable bonds is 8. The maximum atomic E-state index is 5.70. The van der Waals surface area contributed by atoms with E-state index < -0.39 is 0 Å². The van der Waals surface area contributed by atoms with Gasteiger partial charge in [-0.15, -0.1) is 0 Å². The van der Waals surface area contributed by atoms with Crippen molar-refractivity contribution < 1.29 is 4.74 Å². The van der Waals surface area contributed by atoms with Gasteiger partial charge in [0.15, 0.2) is 0 Å². The maximum absolute atomic E-state index is 5.70. The van der Waals surface area contributed by atoms with Crippen molar-refractivity contribution in [3.63, 3.8) is 0 Å². The molecule has 2 atom stereocenters. The first-order valence-electron chi connectivity index (χ1n) is 6.71. The predicted molar refractivity (Wildman–Crippen MR) is 65.2 cm³/mol. The Hall–Kier alpha value is -0.0800. The SMILES string of the molecule is CCCCC(CC1CCCO1)NCCC. The van der Waals surface area contributed by atoms with E-state index in [9.17, 15) is 0 Å². The third-order valence-electron chi connectivity index (χ3n) is 3.16. The average molecular weight is 213 g/mol. The van der Waals surface area contributed by atoms with Crippen LogP contribution in [0.25, 0.3) is 0 Å². The third kappa shape index (κ3) is 5.53. The van der Waals surface area contributed by atoms with Gasteiger partial charge in [-0.05, 0) is 38.6 Å². The molecule has 1 aliphatic heterocycles. The summed E-state index contributed by atoms with van der Waals surface area (Å²) in [6.45, 7) is 6.64. The van der Waals surface area contributed by atoms with Crippen LogP contribution in [0.2, 0.25) is 0 Å². The molecule has 1 N–H and O–H groups in total. The molecular weight excluding hydrogens is 186 g/mol. The summed E-state index contributed by atoms with van der Waals surface area (Å²) in [5.74, 6) is 0. The molecule has 2 nitrogen and oxygen atoms in total. The second-order valence-corrected chi connectivity index (χ2v) is 4.66. The maximum Gasteiger partial charge on any atom is 0.0590 e. The lowest BCUT2D eigenvalue weighted by Crippen LogP contribution is -2.33. The van der Waals surface area contributed by atoms with Crippen molar-refractivity contribution in [3.05, 3.63) is 0 Å². The van der Waals surface area contributed by atoms with Crippen LogP contribution in [-0.2, 0) is 4.74 Å². The van der Waals surface area contributed by atoms with Crippen LogP contribution in [0.4, 0.5) is 0 Å². The lowest BCUT2D eigenvalue weighted by molar-refractivity contribution is 0.0933. The number of unbranched alkanes of at least 4 members (excludes halogenated alkanes) is 1. The minimum Gasteiger partial charge on any atom is -0.378 e. The fraction of sp³-hybridized carbons (Fsp3) is 1.00. The molecule has 1 rings (SSSR count). The molecule has 2 heteroatoms. The molecule has 1 fully saturated rings. The molecule has 15 heavy (non-hydrogen) atoms. The summed E-state index contributed by atoms with van der Waals surface area (Å²) in [5, 5.41) is 3.65. The summed E-state index contributed by atoms with van der Waals surface area (Å²) >= 11 is 0. The molecule has 1 heterocycles. The fourth-order valence-corrected chi connectivity index (χ4v) is 2.25. The molecule has 0 bridgehead atoms. The van der Waals surface area contributed by atoms with Crippen LogP contribution in [0.15, 0.2) is 0 Å². The first-order valence-corrected chi connectivity index (χ1v) is 6.71. The van der Waals surface area contributed by atoms with Crippen LogP contribution < -0.4 is 5.32 Å². The molecule has 0 aromatic rings. The molecule has 0 radical (unpaired) electrons. The summed E-state index contributed by atoms with van der Waals surface area (Å²) in [7, 11) is 0. The van der Waals surface area contributed by atoms with Gasteiger partial charge in [0.1, 0.15) is 0 Å². The van der Waals surface area contributed by atoms with Gasteiger partial charge in [0.25, 0.3) is 0 Å². The summed E-state index contributed by atoms with van der Waals surface area (Å²) in [6.07, 6.45) is 9.49. The molecule has 2 unspecified atom stereocenters. The molecule has 1 saturated heterocycles. The lowest BCUT2D eigenvalue weighted by Gasteiger charge is -2.21. The Labute approximate surface area is 94.8 Å². The monoisotopic (exact) mass is 213 g/mol. The van der Waals surface area contributed by atoms with Crippen molar-refractivity contribution in [1.82, 2.24) is 5.32 Å². The van der Waals surface area contributed by atoms with Crippen molar-refractivity contribution in [1.29, 1.82) is 0 Å². The van der Waals surface area contributed by atoms with E-state index in [2.05, 4.69) is 19.2 Å². The Bertz CT molecular complexity index is 135. The summed E-state index contributed by atoms with van der Waals surface area (Å²) < 4.78 is 5.70. The van der Waals surface area contributed by atoms with Gasteiger partial charge in [0.05, 0.1) is 6.10 Å². The van der Waals surface area contributed by atoms with Crippen molar-refractivity contribution in [2.45, 2.75) is 70.9 Å². The average Bonchev–Trinajstić information content (AvgIpc) is 2.74. The topological polar surface area (TPSA) is 21.3 Å². The Kier molecular flexibility index (Phi) is 7.03. The third-order valence-corrected chi connectivity index (χ3v) is 3.16. The minimum absolute atomic E-state index is 0.538. The van der Waals surface area contributed by atoms with Gasteiger partial charge in [-0.3, -0.25) is 0 Å². The van der Waals surface area contributed by atoms with Crippen LogP contribution in [0.1, 0.15) is 58.8 Å². The fourth-order valence-electron chi connectivity index (χ4n) is 2.25. The van der Waals surface area contributed by atoms with E-state index in [1.54, 1.807) is 0 Å². The molecule has 90 valence electrons. The van der Waals surface area contributed by atoms with E-state index in [1.807, 2.05) is 0 Å². The largest absolute Gasteiger partial charge is 0.378 e. The standard InChI is InChI=1S/C13H27NO/c1-3-5-7-12(14-9-4-2)11-13-8-6-10-15-13/h12-14H,3-11H2,1-2H3. The van der Waals surface area contributed by atoms with Gasteiger partial charge in [-0.2, -0.15) is 0 Å². The first kappa shape index (κ1) is 13.0. The highest BCUT2D eigenvalue weighted by Gasteiger charge is 2.19. The number of ether oxygens (including phenoxy) is 1. The van der Waals surface area contributed by atoms with Gasteiger partial charge >= 0.3 is 0 Å². The van der Waals surface area contributed by atoms with Crippen molar-refractivity contribution in [3.8, 4) is 0 Å². The summed E-state index contributed by atoms with van der Waals surface area (Å²) in [5.41, 5.74) is 0. The zero-order valence-corrected chi connectivity index (χ0v) is 10.4. The number of hydrogen-bond acceptors (Lipinski definition) is 2. The highest BCUT2D eigenvalue weighted by molar-refractivity contribution is 4.75. The number of hydrogen-bond donors (Lipinski definition) is 1. The quantitative estimate of drug-likeness (QED) is 0.669. The molecule has 1 aliphatic rings. The zero-order chi connectivity index (χ0) is 10.9. The Balaban J connectivity index is 2.19. The zero-order valence-electron chi connectivity index (χ0n) is 10.4. The molecule has 0 aliphatic carbocycles. The van der Waals surface area contributed by atoms with E-state index >= 15 is 0 Å². The van der Waals surface area contributed by atoms with Crippen LogP contribution in [0, 0.1) is 0 Å². The Morgan fingerprint density at radius 3 is 2.80 bits per heavy atom. The van der Waals surface area contributed by atoms with Gasteiger partial charge in [-0.1, -0.05) is 26.7 Å². The van der Waals surface area contributed by atoms with E-state index in [-0.39, 0.29) is 0 Å². The summed E-state index contributed by atoms with van der Waals surface area (Å²) in [4.78, 5) is 0. The predicted octanol–water partition coefficient (Wildman–Crippen LogP) is 3.11. The first-order chi connectivity index (χ1) is 7.36. The molecule has 0 aromatic carbocycles. The Morgan fingerprint density at radius 2 is 2.20 bits per heavy atom. The smallest absolute Gasteiger partial charge is 0.0590 e. The van der Waals surface area contributed by atoms with E-state index in [0.717, 1.165) is 13.2 Å². The highest BCUT2D eigenvalue weighted by Crippen LogP contribution is 2.19. The highest BCUT2D eigenvalue weighted by atomic mass is 16.5.